The fraction of sp³-hybridized carbons (Fsp3) is 0.562. The lowest BCUT2D eigenvalue weighted by Crippen LogP contribution is -2.50. The molecule has 0 bridgehead atoms. The standard InChI is InChI=1S/C16H22N2O2S/c19-16(12-21-15-6-2-1-3-7-15)17-9-14-10-18-8-4-5-13(18)11-20-14/h1-3,6-7,13-14H,4-5,8-12H2,(H,17,19)/t13-,14-/m0/s1. The van der Waals surface area contributed by atoms with E-state index >= 15 is 0 Å². The minimum Gasteiger partial charge on any atom is -0.373 e. The Balaban J connectivity index is 1.36. The molecule has 0 aliphatic carbocycles. The van der Waals surface area contributed by atoms with Crippen LogP contribution in [0.3, 0.4) is 0 Å². The van der Waals surface area contributed by atoms with Gasteiger partial charge in [0.25, 0.3) is 0 Å². The molecule has 0 unspecified atom stereocenters. The van der Waals surface area contributed by atoms with Crippen molar-refractivity contribution in [2.75, 3.05) is 32.0 Å². The third-order valence-corrected chi connectivity index (χ3v) is 5.11. The molecule has 21 heavy (non-hydrogen) atoms. The van der Waals surface area contributed by atoms with E-state index in [0.29, 0.717) is 18.3 Å². The van der Waals surface area contributed by atoms with Gasteiger partial charge in [0.05, 0.1) is 18.5 Å². The van der Waals surface area contributed by atoms with Crippen molar-refractivity contribution >= 4 is 17.7 Å². The lowest BCUT2D eigenvalue weighted by molar-refractivity contribution is -0.120. The van der Waals surface area contributed by atoms with Crippen LogP contribution in [-0.2, 0) is 9.53 Å². The van der Waals surface area contributed by atoms with Crippen molar-refractivity contribution < 1.29 is 9.53 Å². The summed E-state index contributed by atoms with van der Waals surface area (Å²) in [5, 5.41) is 2.99. The van der Waals surface area contributed by atoms with E-state index in [1.165, 1.54) is 19.4 Å². The number of fused-ring (bicyclic) bond motifs is 1. The number of benzene rings is 1. The number of thioether (sulfide) groups is 1. The number of morpholine rings is 1. The van der Waals surface area contributed by atoms with Gasteiger partial charge in [0.1, 0.15) is 0 Å². The Labute approximate surface area is 130 Å². The summed E-state index contributed by atoms with van der Waals surface area (Å²) in [5.74, 6) is 0.541. The molecule has 3 rings (SSSR count). The maximum Gasteiger partial charge on any atom is 0.230 e. The summed E-state index contributed by atoms with van der Waals surface area (Å²) in [6.45, 7) is 3.58. The Morgan fingerprint density at radius 2 is 2.24 bits per heavy atom. The number of rotatable bonds is 5. The van der Waals surface area contributed by atoms with E-state index in [-0.39, 0.29) is 12.0 Å². The van der Waals surface area contributed by atoms with Crippen molar-refractivity contribution in [3.63, 3.8) is 0 Å². The summed E-state index contributed by atoms with van der Waals surface area (Å²) < 4.78 is 5.84. The highest BCUT2D eigenvalue weighted by Gasteiger charge is 2.32. The van der Waals surface area contributed by atoms with Crippen LogP contribution in [0.2, 0.25) is 0 Å². The van der Waals surface area contributed by atoms with E-state index < -0.39 is 0 Å². The molecule has 1 N–H and O–H groups in total. The Bertz CT molecular complexity index is 469. The Kier molecular flexibility index (Phi) is 5.17. The van der Waals surface area contributed by atoms with Gasteiger partial charge in [-0.05, 0) is 31.5 Å². The average molecular weight is 306 g/mol. The number of hydrogen-bond donors (Lipinski definition) is 1. The number of amides is 1. The maximum atomic E-state index is 11.9. The van der Waals surface area contributed by atoms with Crippen LogP contribution < -0.4 is 5.32 Å². The average Bonchev–Trinajstić information content (AvgIpc) is 2.99. The second-order valence-electron chi connectivity index (χ2n) is 5.65. The molecule has 2 atom stereocenters. The van der Waals surface area contributed by atoms with Crippen LogP contribution in [-0.4, -0.2) is 54.9 Å². The topological polar surface area (TPSA) is 41.6 Å². The van der Waals surface area contributed by atoms with Crippen molar-refractivity contribution in [3.8, 4) is 0 Å². The van der Waals surface area contributed by atoms with Gasteiger partial charge in [0, 0.05) is 24.0 Å². The van der Waals surface area contributed by atoms with Crippen molar-refractivity contribution in [2.24, 2.45) is 0 Å². The highest BCUT2D eigenvalue weighted by Crippen LogP contribution is 2.22. The molecule has 2 saturated heterocycles. The van der Waals surface area contributed by atoms with Gasteiger partial charge in [-0.15, -0.1) is 11.8 Å². The number of carbonyl (C=O) groups excluding carboxylic acids is 1. The Morgan fingerprint density at radius 3 is 3.10 bits per heavy atom. The summed E-state index contributed by atoms with van der Waals surface area (Å²) in [4.78, 5) is 15.5. The lowest BCUT2D eigenvalue weighted by atomic mass is 10.2. The molecule has 2 fully saturated rings. The largest absolute Gasteiger partial charge is 0.373 e. The first-order chi connectivity index (χ1) is 10.3. The molecule has 0 aromatic heterocycles. The van der Waals surface area contributed by atoms with Gasteiger partial charge < -0.3 is 10.1 Å². The number of nitrogens with one attached hydrogen (secondary N) is 1. The van der Waals surface area contributed by atoms with Crippen LogP contribution in [0.25, 0.3) is 0 Å². The van der Waals surface area contributed by atoms with E-state index in [0.717, 1.165) is 18.0 Å². The highest BCUT2D eigenvalue weighted by atomic mass is 32.2. The van der Waals surface area contributed by atoms with Gasteiger partial charge >= 0.3 is 0 Å². The summed E-state index contributed by atoms with van der Waals surface area (Å²) in [5.41, 5.74) is 0. The zero-order chi connectivity index (χ0) is 14.5. The SMILES string of the molecule is O=C(CSc1ccccc1)NC[C@H]1CN2CCC[C@H]2CO1. The van der Waals surface area contributed by atoms with Crippen LogP contribution in [0.4, 0.5) is 0 Å². The van der Waals surface area contributed by atoms with Gasteiger partial charge in [0.2, 0.25) is 5.91 Å². The second-order valence-corrected chi connectivity index (χ2v) is 6.70. The van der Waals surface area contributed by atoms with E-state index in [1.54, 1.807) is 11.8 Å². The van der Waals surface area contributed by atoms with Gasteiger partial charge in [-0.1, -0.05) is 18.2 Å². The van der Waals surface area contributed by atoms with Crippen molar-refractivity contribution in [1.82, 2.24) is 10.2 Å². The summed E-state index contributed by atoms with van der Waals surface area (Å²) in [6, 6.07) is 10.6. The molecule has 1 amide bonds. The maximum absolute atomic E-state index is 11.9. The number of hydrogen-bond acceptors (Lipinski definition) is 4. The minimum atomic E-state index is 0.0796. The molecule has 0 spiro atoms. The van der Waals surface area contributed by atoms with Crippen LogP contribution in [0, 0.1) is 0 Å². The molecule has 1 aromatic carbocycles. The van der Waals surface area contributed by atoms with E-state index in [1.807, 2.05) is 30.3 Å². The Hall–Kier alpha value is -1.04. The molecular weight excluding hydrogens is 284 g/mol. The van der Waals surface area contributed by atoms with Crippen LogP contribution in [0.1, 0.15) is 12.8 Å². The van der Waals surface area contributed by atoms with Crippen LogP contribution in [0.5, 0.6) is 0 Å². The fourth-order valence-corrected chi connectivity index (χ4v) is 3.70. The zero-order valence-electron chi connectivity index (χ0n) is 12.2. The van der Waals surface area contributed by atoms with Crippen molar-refractivity contribution in [2.45, 2.75) is 29.9 Å². The van der Waals surface area contributed by atoms with Crippen molar-refractivity contribution in [1.29, 1.82) is 0 Å². The zero-order valence-corrected chi connectivity index (χ0v) is 13.0. The lowest BCUT2D eigenvalue weighted by Gasteiger charge is -2.35. The second kappa shape index (κ2) is 7.29. The first-order valence-electron chi connectivity index (χ1n) is 7.61. The third-order valence-electron chi connectivity index (χ3n) is 4.10. The monoisotopic (exact) mass is 306 g/mol. The molecule has 114 valence electrons. The molecular formula is C16H22N2O2S. The molecule has 0 saturated carbocycles. The quantitative estimate of drug-likeness (QED) is 0.842. The highest BCUT2D eigenvalue weighted by molar-refractivity contribution is 8.00. The molecule has 0 radical (unpaired) electrons. The van der Waals surface area contributed by atoms with Gasteiger partial charge in [-0.25, -0.2) is 0 Å². The summed E-state index contributed by atoms with van der Waals surface area (Å²) in [7, 11) is 0. The van der Waals surface area contributed by atoms with E-state index in [4.69, 9.17) is 4.74 Å². The molecule has 5 heteroatoms. The van der Waals surface area contributed by atoms with E-state index in [2.05, 4.69) is 10.2 Å². The first-order valence-corrected chi connectivity index (χ1v) is 8.60. The number of ether oxygens (including phenoxy) is 1. The molecule has 1 aromatic rings. The smallest absolute Gasteiger partial charge is 0.230 e. The van der Waals surface area contributed by atoms with E-state index in [9.17, 15) is 4.79 Å². The fourth-order valence-electron chi connectivity index (χ4n) is 2.95. The third kappa shape index (κ3) is 4.22. The normalized spacial score (nSPS) is 25.5. The molecule has 2 aliphatic rings. The number of carbonyl (C=O) groups is 1. The summed E-state index contributed by atoms with van der Waals surface area (Å²) >= 11 is 1.57. The van der Waals surface area contributed by atoms with Gasteiger partial charge in [0.15, 0.2) is 0 Å². The first kappa shape index (κ1) is 14.9. The van der Waals surface area contributed by atoms with Gasteiger partial charge in [-0.2, -0.15) is 0 Å². The summed E-state index contributed by atoms with van der Waals surface area (Å²) in [6.07, 6.45) is 2.68. The van der Waals surface area contributed by atoms with Crippen LogP contribution in [0.15, 0.2) is 35.2 Å². The predicted octanol–water partition coefficient (Wildman–Crippen LogP) is 1.76. The molecule has 4 nitrogen and oxygen atoms in total. The molecule has 2 aliphatic heterocycles. The predicted molar refractivity (Wildman–Crippen MR) is 84.5 cm³/mol. The number of nitrogens with zero attached hydrogens (tertiary/aromatic N) is 1. The van der Waals surface area contributed by atoms with Crippen molar-refractivity contribution in [3.05, 3.63) is 30.3 Å². The Morgan fingerprint density at radius 1 is 1.38 bits per heavy atom. The molecule has 2 heterocycles. The minimum absolute atomic E-state index is 0.0796. The van der Waals surface area contributed by atoms with Crippen LogP contribution >= 0.6 is 11.8 Å². The van der Waals surface area contributed by atoms with Gasteiger partial charge in [-0.3, -0.25) is 9.69 Å².